The molecule has 3 heterocycles. The summed E-state index contributed by atoms with van der Waals surface area (Å²) in [7, 11) is 0. The summed E-state index contributed by atoms with van der Waals surface area (Å²) in [5.74, 6) is 0.965. The van der Waals surface area contributed by atoms with Gasteiger partial charge in [-0.3, -0.25) is 4.79 Å². The number of hydrogen-bond donors (Lipinski definition) is 2. The van der Waals surface area contributed by atoms with Crippen LogP contribution in [0.1, 0.15) is 38.8 Å². The predicted molar refractivity (Wildman–Crippen MR) is 118 cm³/mol. The number of phenols is 1. The molecule has 6 heteroatoms. The zero-order valence-corrected chi connectivity index (χ0v) is 17.9. The lowest BCUT2D eigenvalue weighted by Crippen LogP contribution is -2.39. The molecule has 0 aliphatic carbocycles. The fourth-order valence-electron chi connectivity index (χ4n) is 4.14. The number of ether oxygens (including phenoxy) is 2. The predicted octanol–water partition coefficient (Wildman–Crippen LogP) is 4.42. The molecule has 5 rings (SSSR count). The van der Waals surface area contributed by atoms with E-state index in [1.165, 1.54) is 12.3 Å². The minimum absolute atomic E-state index is 0.113. The molecular formula is C25H24O6. The molecule has 0 spiro atoms. The number of hydrogen-bond acceptors (Lipinski definition) is 6. The number of rotatable bonds is 2. The summed E-state index contributed by atoms with van der Waals surface area (Å²) >= 11 is 0. The Morgan fingerprint density at radius 3 is 2.68 bits per heavy atom. The van der Waals surface area contributed by atoms with Gasteiger partial charge in [0.05, 0.1) is 11.2 Å². The lowest BCUT2D eigenvalue weighted by molar-refractivity contribution is -0.0229. The summed E-state index contributed by atoms with van der Waals surface area (Å²) < 4.78 is 17.6. The largest absolute Gasteiger partial charge is 0.507 e. The molecule has 2 aromatic carbocycles. The van der Waals surface area contributed by atoms with Crippen molar-refractivity contribution in [2.24, 2.45) is 0 Å². The fourth-order valence-corrected chi connectivity index (χ4v) is 4.14. The highest BCUT2D eigenvalue weighted by Crippen LogP contribution is 2.42. The second kappa shape index (κ2) is 6.37. The summed E-state index contributed by atoms with van der Waals surface area (Å²) in [5, 5.41) is 21.0. The molecule has 0 fully saturated rings. The molecule has 2 N–H and O–H groups in total. The monoisotopic (exact) mass is 420 g/mol. The SMILES string of the molecule is CC1(C)C=Cc2cc(-c3coc4c5c(cc(O)c4c3=O)O[C@H](C(C)(C)O)C5)ccc2O1. The van der Waals surface area contributed by atoms with Crippen LogP contribution in [-0.4, -0.2) is 27.5 Å². The van der Waals surface area contributed by atoms with Gasteiger partial charge in [0.15, 0.2) is 0 Å². The van der Waals surface area contributed by atoms with E-state index in [-0.39, 0.29) is 22.2 Å². The van der Waals surface area contributed by atoms with Crippen molar-refractivity contribution in [1.29, 1.82) is 0 Å². The second-order valence-corrected chi connectivity index (χ2v) is 9.31. The third kappa shape index (κ3) is 3.18. The van der Waals surface area contributed by atoms with Gasteiger partial charge in [-0.25, -0.2) is 0 Å². The number of aromatic hydroxyl groups is 1. The Morgan fingerprint density at radius 1 is 1.16 bits per heavy atom. The van der Waals surface area contributed by atoms with Gasteiger partial charge in [0.1, 0.15) is 46.2 Å². The molecular weight excluding hydrogens is 396 g/mol. The molecule has 1 atom stereocenters. The Hall–Kier alpha value is -3.25. The summed E-state index contributed by atoms with van der Waals surface area (Å²) in [5.41, 5.74) is 1.08. The normalized spacial score (nSPS) is 18.9. The highest BCUT2D eigenvalue weighted by atomic mass is 16.5. The number of aliphatic hydroxyl groups is 1. The van der Waals surface area contributed by atoms with E-state index < -0.39 is 11.7 Å². The van der Waals surface area contributed by atoms with Gasteiger partial charge in [0, 0.05) is 23.6 Å². The summed E-state index contributed by atoms with van der Waals surface area (Å²) in [6.07, 6.45) is 5.25. The van der Waals surface area contributed by atoms with Crippen LogP contribution in [0.3, 0.4) is 0 Å². The van der Waals surface area contributed by atoms with Crippen LogP contribution < -0.4 is 14.9 Å². The van der Waals surface area contributed by atoms with E-state index in [4.69, 9.17) is 13.9 Å². The van der Waals surface area contributed by atoms with Gasteiger partial charge in [-0.15, -0.1) is 0 Å². The van der Waals surface area contributed by atoms with Gasteiger partial charge >= 0.3 is 0 Å². The topological polar surface area (TPSA) is 89.1 Å². The van der Waals surface area contributed by atoms with E-state index in [1.807, 2.05) is 44.2 Å². The highest BCUT2D eigenvalue weighted by molar-refractivity contribution is 5.91. The van der Waals surface area contributed by atoms with Crippen LogP contribution in [0.2, 0.25) is 0 Å². The first-order valence-corrected chi connectivity index (χ1v) is 10.3. The van der Waals surface area contributed by atoms with Crippen molar-refractivity contribution in [3.63, 3.8) is 0 Å². The first-order chi connectivity index (χ1) is 14.5. The lowest BCUT2D eigenvalue weighted by Gasteiger charge is -2.28. The zero-order chi connectivity index (χ0) is 22.1. The molecule has 2 aliphatic heterocycles. The maximum Gasteiger partial charge on any atom is 0.204 e. The number of fused-ring (bicyclic) bond motifs is 4. The van der Waals surface area contributed by atoms with Gasteiger partial charge in [-0.05, 0) is 51.5 Å². The van der Waals surface area contributed by atoms with Crippen LogP contribution in [0.4, 0.5) is 0 Å². The zero-order valence-electron chi connectivity index (χ0n) is 17.9. The van der Waals surface area contributed by atoms with Crippen molar-refractivity contribution in [2.75, 3.05) is 0 Å². The van der Waals surface area contributed by atoms with Gasteiger partial charge in [-0.2, -0.15) is 0 Å². The molecule has 0 radical (unpaired) electrons. The van der Waals surface area contributed by atoms with E-state index in [0.29, 0.717) is 34.4 Å². The van der Waals surface area contributed by atoms with Crippen molar-refractivity contribution >= 4 is 17.0 Å². The van der Waals surface area contributed by atoms with E-state index >= 15 is 0 Å². The summed E-state index contributed by atoms with van der Waals surface area (Å²) in [6, 6.07) is 6.94. The molecule has 2 aliphatic rings. The molecule has 0 bridgehead atoms. The average Bonchev–Trinajstić information content (AvgIpc) is 3.12. The van der Waals surface area contributed by atoms with Gasteiger partial charge in [-0.1, -0.05) is 12.1 Å². The van der Waals surface area contributed by atoms with Gasteiger partial charge in [0.25, 0.3) is 0 Å². The Bertz CT molecular complexity index is 1310. The Balaban J connectivity index is 1.63. The van der Waals surface area contributed by atoms with Crippen LogP contribution in [0, 0.1) is 0 Å². The lowest BCUT2D eigenvalue weighted by atomic mass is 9.95. The fraction of sp³-hybridized carbons (Fsp3) is 0.320. The Kier molecular flexibility index (Phi) is 4.05. The minimum atomic E-state index is -1.07. The smallest absolute Gasteiger partial charge is 0.204 e. The van der Waals surface area contributed by atoms with Gasteiger partial charge in [0.2, 0.25) is 5.43 Å². The molecule has 31 heavy (non-hydrogen) atoms. The molecule has 0 unspecified atom stereocenters. The third-order valence-corrected chi connectivity index (χ3v) is 5.89. The van der Waals surface area contributed by atoms with Crippen LogP contribution in [0.5, 0.6) is 17.2 Å². The van der Waals surface area contributed by atoms with Crippen molar-refractivity contribution in [3.8, 4) is 28.4 Å². The first kappa shape index (κ1) is 19.7. The summed E-state index contributed by atoms with van der Waals surface area (Å²) in [6.45, 7) is 7.28. The van der Waals surface area contributed by atoms with Gasteiger partial charge < -0.3 is 24.1 Å². The van der Waals surface area contributed by atoms with Crippen LogP contribution >= 0.6 is 0 Å². The Labute approximate surface area is 179 Å². The van der Waals surface area contributed by atoms with Crippen LogP contribution in [0.15, 0.2) is 45.8 Å². The van der Waals surface area contributed by atoms with Crippen LogP contribution in [-0.2, 0) is 6.42 Å². The minimum Gasteiger partial charge on any atom is -0.507 e. The Morgan fingerprint density at radius 2 is 1.94 bits per heavy atom. The molecule has 0 saturated carbocycles. The number of benzene rings is 2. The maximum atomic E-state index is 13.3. The van der Waals surface area contributed by atoms with Crippen molar-refractivity contribution < 1.29 is 24.1 Å². The quantitative estimate of drug-likeness (QED) is 0.638. The summed E-state index contributed by atoms with van der Waals surface area (Å²) in [4.78, 5) is 13.3. The molecule has 0 saturated heterocycles. The first-order valence-electron chi connectivity index (χ1n) is 10.3. The van der Waals surface area contributed by atoms with Crippen LogP contribution in [0.25, 0.3) is 28.2 Å². The van der Waals surface area contributed by atoms with E-state index in [2.05, 4.69) is 0 Å². The molecule has 1 aromatic heterocycles. The van der Waals surface area contributed by atoms with Crippen molar-refractivity contribution in [3.05, 3.63) is 58.0 Å². The average molecular weight is 420 g/mol. The van der Waals surface area contributed by atoms with E-state index in [1.54, 1.807) is 13.8 Å². The van der Waals surface area contributed by atoms with E-state index in [9.17, 15) is 15.0 Å². The highest BCUT2D eigenvalue weighted by Gasteiger charge is 2.37. The molecule has 6 nitrogen and oxygen atoms in total. The second-order valence-electron chi connectivity index (χ2n) is 9.31. The molecule has 0 amide bonds. The van der Waals surface area contributed by atoms with E-state index in [0.717, 1.165) is 11.3 Å². The molecule has 160 valence electrons. The third-order valence-electron chi connectivity index (χ3n) is 5.89. The standard InChI is InChI=1S/C25H24O6/c1-24(2)8-7-14-9-13(5-6-18(14)31-24)16-12-29-23-15-10-20(25(3,4)28)30-19(15)11-17(26)21(23)22(16)27/h5-9,11-12,20,26,28H,10H2,1-4H3/t20-/m0/s1. The van der Waals surface area contributed by atoms with Crippen molar-refractivity contribution in [2.45, 2.75) is 51.4 Å². The molecule has 3 aromatic rings. The number of phenolic OH excluding ortho intramolecular Hbond substituents is 1. The maximum absolute atomic E-state index is 13.3. The van der Waals surface area contributed by atoms with Crippen molar-refractivity contribution in [1.82, 2.24) is 0 Å².